The van der Waals surface area contributed by atoms with E-state index in [2.05, 4.69) is 14.9 Å². The van der Waals surface area contributed by atoms with Crippen LogP contribution < -0.4 is 0 Å². The predicted octanol–water partition coefficient (Wildman–Crippen LogP) is 0.999. The van der Waals surface area contributed by atoms with Crippen LogP contribution in [0.4, 0.5) is 0 Å². The zero-order valence-electron chi connectivity index (χ0n) is 7.93. The van der Waals surface area contributed by atoms with Crippen LogP contribution in [-0.4, -0.2) is 42.3 Å². The van der Waals surface area contributed by atoms with Gasteiger partial charge in [-0.2, -0.15) is 0 Å². The van der Waals surface area contributed by atoms with Crippen LogP contribution in [0.15, 0.2) is 5.11 Å². The predicted molar refractivity (Wildman–Crippen MR) is 50.2 cm³/mol. The van der Waals surface area contributed by atoms with Gasteiger partial charge in [0.25, 0.3) is 0 Å². The van der Waals surface area contributed by atoms with Gasteiger partial charge in [0.2, 0.25) is 0 Å². The molecule has 0 radical (unpaired) electrons. The van der Waals surface area contributed by atoms with Gasteiger partial charge in [-0.25, -0.2) is 0 Å². The van der Waals surface area contributed by atoms with E-state index >= 15 is 0 Å². The van der Waals surface area contributed by atoms with E-state index in [4.69, 9.17) is 5.53 Å². The number of nitrogens with zero attached hydrogens (tertiary/aromatic N) is 4. The van der Waals surface area contributed by atoms with Crippen LogP contribution in [0.25, 0.3) is 10.4 Å². The minimum Gasteiger partial charge on any atom is -0.393 e. The van der Waals surface area contributed by atoms with Gasteiger partial charge in [0.1, 0.15) is 0 Å². The summed E-state index contributed by atoms with van der Waals surface area (Å²) in [6, 6.07) is 0. The zero-order valence-corrected chi connectivity index (χ0v) is 7.93. The van der Waals surface area contributed by atoms with Crippen molar-refractivity contribution in [1.29, 1.82) is 0 Å². The van der Waals surface area contributed by atoms with Gasteiger partial charge in [0.05, 0.1) is 6.10 Å². The SMILES string of the molecule is C[C@H]1CN(CCN=[N+]=[N-])CC[C@@H]1O. The van der Waals surface area contributed by atoms with Crippen LogP contribution in [-0.2, 0) is 0 Å². The molecule has 1 N–H and O–H groups in total. The van der Waals surface area contributed by atoms with Crippen LogP contribution in [0.5, 0.6) is 0 Å². The topological polar surface area (TPSA) is 72.2 Å². The quantitative estimate of drug-likeness (QED) is 0.403. The smallest absolute Gasteiger partial charge is 0.0590 e. The second-order valence-corrected chi connectivity index (χ2v) is 3.59. The van der Waals surface area contributed by atoms with Crippen molar-refractivity contribution in [2.75, 3.05) is 26.2 Å². The highest BCUT2D eigenvalue weighted by molar-refractivity contribution is 4.77. The second-order valence-electron chi connectivity index (χ2n) is 3.59. The Morgan fingerprint density at radius 1 is 1.69 bits per heavy atom. The molecule has 0 spiro atoms. The summed E-state index contributed by atoms with van der Waals surface area (Å²) in [5.74, 6) is 0.333. The van der Waals surface area contributed by atoms with Gasteiger partial charge in [0, 0.05) is 31.1 Å². The summed E-state index contributed by atoms with van der Waals surface area (Å²) >= 11 is 0. The Kier molecular flexibility index (Phi) is 4.02. The van der Waals surface area contributed by atoms with Crippen molar-refractivity contribution >= 4 is 0 Å². The summed E-state index contributed by atoms with van der Waals surface area (Å²) in [5, 5.41) is 12.9. The zero-order chi connectivity index (χ0) is 9.68. The molecule has 13 heavy (non-hydrogen) atoms. The summed E-state index contributed by atoms with van der Waals surface area (Å²) in [6.45, 7) is 5.19. The van der Waals surface area contributed by atoms with Crippen molar-refractivity contribution in [2.45, 2.75) is 19.4 Å². The molecular formula is C8H16N4O. The van der Waals surface area contributed by atoms with Gasteiger partial charge >= 0.3 is 0 Å². The number of hydrogen-bond acceptors (Lipinski definition) is 3. The monoisotopic (exact) mass is 184 g/mol. The Bertz CT molecular complexity index is 202. The molecule has 0 aromatic heterocycles. The molecule has 5 nitrogen and oxygen atoms in total. The first kappa shape index (κ1) is 10.3. The summed E-state index contributed by atoms with van der Waals surface area (Å²) in [5.41, 5.74) is 8.09. The molecule has 0 amide bonds. The van der Waals surface area contributed by atoms with Crippen molar-refractivity contribution in [3.05, 3.63) is 10.4 Å². The lowest BCUT2D eigenvalue weighted by Gasteiger charge is -2.33. The molecule has 74 valence electrons. The number of hydrogen-bond donors (Lipinski definition) is 1. The van der Waals surface area contributed by atoms with E-state index < -0.39 is 0 Å². The Morgan fingerprint density at radius 3 is 3.08 bits per heavy atom. The summed E-state index contributed by atoms with van der Waals surface area (Å²) in [4.78, 5) is 4.93. The van der Waals surface area contributed by atoms with E-state index in [1.54, 1.807) is 0 Å². The minimum atomic E-state index is -0.157. The maximum absolute atomic E-state index is 9.46. The molecule has 5 heteroatoms. The number of likely N-dealkylation sites (tertiary alicyclic amines) is 1. The molecular weight excluding hydrogens is 168 g/mol. The number of aliphatic hydroxyl groups excluding tert-OH is 1. The van der Waals surface area contributed by atoms with Crippen LogP contribution in [0.3, 0.4) is 0 Å². The first-order valence-corrected chi connectivity index (χ1v) is 4.65. The third-order valence-electron chi connectivity index (χ3n) is 2.52. The van der Waals surface area contributed by atoms with E-state index in [0.29, 0.717) is 12.5 Å². The maximum Gasteiger partial charge on any atom is 0.0590 e. The molecule has 0 saturated carbocycles. The van der Waals surface area contributed by atoms with Crippen molar-refractivity contribution in [1.82, 2.24) is 4.90 Å². The summed E-state index contributed by atoms with van der Waals surface area (Å²) in [7, 11) is 0. The molecule has 0 unspecified atom stereocenters. The fourth-order valence-electron chi connectivity index (χ4n) is 1.65. The lowest BCUT2D eigenvalue weighted by molar-refractivity contribution is 0.0364. The van der Waals surface area contributed by atoms with Crippen LogP contribution in [0.2, 0.25) is 0 Å². The Balaban J connectivity index is 2.25. The van der Waals surface area contributed by atoms with Crippen molar-refractivity contribution < 1.29 is 5.11 Å². The molecule has 1 aliphatic heterocycles. The lowest BCUT2D eigenvalue weighted by Crippen LogP contribution is -2.42. The molecule has 1 aliphatic rings. The normalized spacial score (nSPS) is 29.7. The number of rotatable bonds is 3. The second kappa shape index (κ2) is 5.07. The summed E-state index contributed by atoms with van der Waals surface area (Å²) < 4.78 is 0. The average Bonchev–Trinajstić information content (AvgIpc) is 2.12. The van der Waals surface area contributed by atoms with Gasteiger partial charge in [-0.1, -0.05) is 12.0 Å². The molecule has 1 fully saturated rings. The van der Waals surface area contributed by atoms with E-state index in [0.717, 1.165) is 26.1 Å². The van der Waals surface area contributed by atoms with Crippen LogP contribution in [0, 0.1) is 5.92 Å². The fraction of sp³-hybridized carbons (Fsp3) is 1.00. The Morgan fingerprint density at radius 2 is 2.46 bits per heavy atom. The standard InChI is InChI=1S/C8H16N4O/c1-7-6-12(4-2-8(7)13)5-3-10-11-9/h7-8,13H,2-6H2,1H3/t7-,8-/m0/s1. The number of piperidine rings is 1. The van der Waals surface area contributed by atoms with Gasteiger partial charge in [-0.15, -0.1) is 0 Å². The first-order valence-electron chi connectivity index (χ1n) is 4.65. The third kappa shape index (κ3) is 3.22. The van der Waals surface area contributed by atoms with E-state index in [1.165, 1.54) is 0 Å². The van der Waals surface area contributed by atoms with Crippen LogP contribution >= 0.6 is 0 Å². The highest BCUT2D eigenvalue weighted by Crippen LogP contribution is 2.15. The Hall–Kier alpha value is -0.770. The van der Waals surface area contributed by atoms with E-state index in [9.17, 15) is 5.11 Å². The Labute approximate surface area is 78.0 Å². The molecule has 0 aliphatic carbocycles. The number of aliphatic hydroxyl groups is 1. The van der Waals surface area contributed by atoms with Crippen molar-refractivity contribution in [3.63, 3.8) is 0 Å². The lowest BCUT2D eigenvalue weighted by atomic mass is 9.97. The third-order valence-corrected chi connectivity index (χ3v) is 2.52. The molecule has 2 atom stereocenters. The highest BCUT2D eigenvalue weighted by Gasteiger charge is 2.23. The maximum atomic E-state index is 9.46. The van der Waals surface area contributed by atoms with E-state index in [-0.39, 0.29) is 6.10 Å². The molecule has 0 bridgehead atoms. The molecule has 1 heterocycles. The van der Waals surface area contributed by atoms with E-state index in [1.807, 2.05) is 6.92 Å². The van der Waals surface area contributed by atoms with Crippen LogP contribution in [0.1, 0.15) is 13.3 Å². The first-order chi connectivity index (χ1) is 6.24. The molecule has 1 saturated heterocycles. The highest BCUT2D eigenvalue weighted by atomic mass is 16.3. The van der Waals surface area contributed by atoms with Gasteiger partial charge in [-0.05, 0) is 17.9 Å². The molecule has 0 aromatic rings. The number of azide groups is 1. The largest absolute Gasteiger partial charge is 0.393 e. The minimum absolute atomic E-state index is 0.157. The van der Waals surface area contributed by atoms with Gasteiger partial charge in [0.15, 0.2) is 0 Å². The van der Waals surface area contributed by atoms with Gasteiger partial charge < -0.3 is 10.0 Å². The summed E-state index contributed by atoms with van der Waals surface area (Å²) in [6.07, 6.45) is 0.674. The fourth-order valence-corrected chi connectivity index (χ4v) is 1.65. The van der Waals surface area contributed by atoms with Crippen molar-refractivity contribution in [2.24, 2.45) is 11.0 Å². The van der Waals surface area contributed by atoms with Crippen molar-refractivity contribution in [3.8, 4) is 0 Å². The molecule has 1 rings (SSSR count). The molecule has 0 aromatic carbocycles. The van der Waals surface area contributed by atoms with Gasteiger partial charge in [-0.3, -0.25) is 0 Å². The average molecular weight is 184 g/mol.